The second kappa shape index (κ2) is 2.18. The highest BCUT2D eigenvalue weighted by atomic mass is 16.8. The molecule has 0 aromatic heterocycles. The van der Waals surface area contributed by atoms with Crippen molar-refractivity contribution in [3.63, 3.8) is 0 Å². The predicted molar refractivity (Wildman–Crippen MR) is 34.0 cm³/mol. The van der Waals surface area contributed by atoms with E-state index in [2.05, 4.69) is 0 Å². The van der Waals surface area contributed by atoms with Crippen LogP contribution >= 0.6 is 0 Å². The van der Waals surface area contributed by atoms with Gasteiger partial charge in [0, 0.05) is 0 Å². The van der Waals surface area contributed by atoms with Crippen molar-refractivity contribution in [2.75, 3.05) is 6.79 Å². The molecular formula is C7H8O5. The van der Waals surface area contributed by atoms with Crippen LogP contribution in [0, 0.1) is 0 Å². The fourth-order valence-electron chi connectivity index (χ4n) is 1.86. The molecule has 0 N–H and O–H groups in total. The lowest BCUT2D eigenvalue weighted by Gasteiger charge is -2.10. The van der Waals surface area contributed by atoms with Crippen molar-refractivity contribution in [2.45, 2.75) is 31.0 Å². The van der Waals surface area contributed by atoms with Crippen molar-refractivity contribution >= 4 is 5.97 Å². The number of esters is 1. The quantitative estimate of drug-likeness (QED) is 0.457. The van der Waals surface area contributed by atoms with Gasteiger partial charge < -0.3 is 18.9 Å². The standard InChI is InChI=1S/C7H8O5/c8-4-1-3-5(12-4)6-7(11-3)10-2-9-6/h3,5-7H,1-2H2/t3-,5+,6?,7?/m0/s1. The Bertz CT molecular complexity index is 228. The zero-order valence-corrected chi connectivity index (χ0v) is 6.26. The molecule has 3 aliphatic rings. The van der Waals surface area contributed by atoms with Crippen LogP contribution in [0.25, 0.3) is 0 Å². The normalized spacial score (nSPS) is 50.5. The van der Waals surface area contributed by atoms with Gasteiger partial charge in [0.1, 0.15) is 6.10 Å². The second-order valence-corrected chi connectivity index (χ2v) is 3.12. The van der Waals surface area contributed by atoms with Crippen molar-refractivity contribution in [3.8, 4) is 0 Å². The number of hydrogen-bond donors (Lipinski definition) is 0. The molecular weight excluding hydrogens is 164 g/mol. The molecule has 0 bridgehead atoms. The molecule has 0 aliphatic carbocycles. The average molecular weight is 172 g/mol. The zero-order valence-electron chi connectivity index (χ0n) is 6.26. The topological polar surface area (TPSA) is 54.0 Å². The number of carbonyl (C=O) groups is 1. The number of ether oxygens (including phenoxy) is 4. The maximum absolute atomic E-state index is 10.8. The third-order valence-corrected chi connectivity index (χ3v) is 2.40. The maximum atomic E-state index is 10.8. The van der Waals surface area contributed by atoms with E-state index in [4.69, 9.17) is 18.9 Å². The molecule has 3 rings (SSSR count). The lowest BCUT2D eigenvalue weighted by Crippen LogP contribution is -2.30. The van der Waals surface area contributed by atoms with Crippen molar-refractivity contribution in [2.24, 2.45) is 0 Å². The van der Waals surface area contributed by atoms with Crippen molar-refractivity contribution in [1.82, 2.24) is 0 Å². The van der Waals surface area contributed by atoms with Gasteiger partial charge in [-0.25, -0.2) is 0 Å². The van der Waals surface area contributed by atoms with E-state index in [1.807, 2.05) is 0 Å². The van der Waals surface area contributed by atoms with E-state index in [1.54, 1.807) is 0 Å². The third kappa shape index (κ3) is 0.757. The van der Waals surface area contributed by atoms with Gasteiger partial charge in [0.15, 0.2) is 25.3 Å². The van der Waals surface area contributed by atoms with Crippen LogP contribution in [0.3, 0.4) is 0 Å². The molecule has 5 nitrogen and oxygen atoms in total. The first-order valence-electron chi connectivity index (χ1n) is 3.93. The van der Waals surface area contributed by atoms with Crippen LogP contribution in [0.2, 0.25) is 0 Å². The highest BCUT2D eigenvalue weighted by Crippen LogP contribution is 2.36. The Morgan fingerprint density at radius 3 is 3.08 bits per heavy atom. The molecule has 0 saturated carbocycles. The van der Waals surface area contributed by atoms with Crippen LogP contribution in [0.15, 0.2) is 0 Å². The fraction of sp³-hybridized carbons (Fsp3) is 0.857. The van der Waals surface area contributed by atoms with E-state index in [0.717, 1.165) is 0 Å². The lowest BCUT2D eigenvalue weighted by molar-refractivity contribution is -0.145. The summed E-state index contributed by atoms with van der Waals surface area (Å²) in [5, 5.41) is 0. The van der Waals surface area contributed by atoms with Gasteiger partial charge in [-0.2, -0.15) is 0 Å². The smallest absolute Gasteiger partial charge is 0.309 e. The Kier molecular flexibility index (Phi) is 1.24. The molecule has 3 aliphatic heterocycles. The summed E-state index contributed by atoms with van der Waals surface area (Å²) in [6.45, 7) is 0.232. The first-order valence-corrected chi connectivity index (χ1v) is 3.93. The van der Waals surface area contributed by atoms with Gasteiger partial charge in [0.05, 0.1) is 6.42 Å². The van der Waals surface area contributed by atoms with Crippen LogP contribution in [-0.2, 0) is 23.7 Å². The zero-order chi connectivity index (χ0) is 8.13. The molecule has 0 radical (unpaired) electrons. The highest BCUT2D eigenvalue weighted by molar-refractivity contribution is 5.72. The van der Waals surface area contributed by atoms with Crippen LogP contribution < -0.4 is 0 Å². The van der Waals surface area contributed by atoms with E-state index < -0.39 is 0 Å². The summed E-state index contributed by atoms with van der Waals surface area (Å²) in [4.78, 5) is 10.8. The molecule has 0 aromatic rings. The lowest BCUT2D eigenvalue weighted by atomic mass is 10.1. The van der Waals surface area contributed by atoms with Crippen molar-refractivity contribution < 1.29 is 23.7 Å². The number of hydrogen-bond acceptors (Lipinski definition) is 5. The van der Waals surface area contributed by atoms with Gasteiger partial charge in [-0.15, -0.1) is 0 Å². The maximum Gasteiger partial charge on any atom is 0.309 e. The van der Waals surface area contributed by atoms with Crippen LogP contribution in [-0.4, -0.2) is 37.4 Å². The molecule has 4 atom stereocenters. The van der Waals surface area contributed by atoms with Crippen molar-refractivity contribution in [1.29, 1.82) is 0 Å². The monoisotopic (exact) mass is 172 g/mol. The number of rotatable bonds is 0. The van der Waals surface area contributed by atoms with E-state index >= 15 is 0 Å². The first kappa shape index (κ1) is 6.82. The molecule has 3 heterocycles. The average Bonchev–Trinajstić information content (AvgIpc) is 2.59. The SMILES string of the molecule is O=C1C[C@@H]2OC3OCOC3[C@@H]2O1. The van der Waals surface area contributed by atoms with Gasteiger partial charge in [-0.1, -0.05) is 0 Å². The number of carbonyl (C=O) groups excluding carboxylic acids is 1. The Morgan fingerprint density at radius 2 is 2.17 bits per heavy atom. The summed E-state index contributed by atoms with van der Waals surface area (Å²) in [5.74, 6) is -0.209. The minimum atomic E-state index is -0.326. The second-order valence-electron chi connectivity index (χ2n) is 3.12. The summed E-state index contributed by atoms with van der Waals surface area (Å²) in [6.07, 6.45) is -0.614. The molecule has 0 spiro atoms. The van der Waals surface area contributed by atoms with E-state index in [1.165, 1.54) is 0 Å². The Morgan fingerprint density at radius 1 is 1.25 bits per heavy atom. The first-order chi connectivity index (χ1) is 5.84. The summed E-state index contributed by atoms with van der Waals surface area (Å²) >= 11 is 0. The molecule has 66 valence electrons. The minimum absolute atomic E-state index is 0.159. The van der Waals surface area contributed by atoms with Crippen LogP contribution in [0.5, 0.6) is 0 Å². The minimum Gasteiger partial charge on any atom is -0.456 e. The van der Waals surface area contributed by atoms with Gasteiger partial charge in [-0.3, -0.25) is 4.79 Å². The Labute approximate surface area is 68.5 Å². The van der Waals surface area contributed by atoms with Crippen LogP contribution in [0.4, 0.5) is 0 Å². The van der Waals surface area contributed by atoms with Crippen LogP contribution in [0.1, 0.15) is 6.42 Å². The third-order valence-electron chi connectivity index (χ3n) is 2.40. The molecule has 2 unspecified atom stereocenters. The number of fused-ring (bicyclic) bond motifs is 3. The predicted octanol–water partition coefficient (Wildman–Crippen LogP) is -0.600. The molecule has 12 heavy (non-hydrogen) atoms. The summed E-state index contributed by atoms with van der Waals surface area (Å²) in [5.41, 5.74) is 0. The summed E-state index contributed by atoms with van der Waals surface area (Å²) in [7, 11) is 0. The van der Waals surface area contributed by atoms with Crippen molar-refractivity contribution in [3.05, 3.63) is 0 Å². The molecule has 3 fully saturated rings. The summed E-state index contributed by atoms with van der Waals surface area (Å²) in [6, 6.07) is 0. The Balaban J connectivity index is 1.84. The highest BCUT2D eigenvalue weighted by Gasteiger charge is 2.55. The largest absolute Gasteiger partial charge is 0.456 e. The van der Waals surface area contributed by atoms with E-state index in [-0.39, 0.29) is 37.4 Å². The molecule has 5 heteroatoms. The molecule has 3 saturated heterocycles. The van der Waals surface area contributed by atoms with Gasteiger partial charge in [0.2, 0.25) is 0 Å². The summed E-state index contributed by atoms with van der Waals surface area (Å²) < 4.78 is 20.7. The fourth-order valence-corrected chi connectivity index (χ4v) is 1.86. The molecule has 0 amide bonds. The molecule has 0 aromatic carbocycles. The van der Waals surface area contributed by atoms with E-state index in [0.29, 0.717) is 6.42 Å². The van der Waals surface area contributed by atoms with Gasteiger partial charge >= 0.3 is 5.97 Å². The van der Waals surface area contributed by atoms with E-state index in [9.17, 15) is 4.79 Å². The van der Waals surface area contributed by atoms with Gasteiger partial charge in [0.25, 0.3) is 0 Å². The Hall–Kier alpha value is -0.650. The van der Waals surface area contributed by atoms with Gasteiger partial charge in [-0.05, 0) is 0 Å².